The second kappa shape index (κ2) is 7.53. The lowest BCUT2D eigenvalue weighted by molar-refractivity contribution is 0.0191. The predicted octanol–water partition coefficient (Wildman–Crippen LogP) is 3.58. The topological polar surface area (TPSA) is 52.6 Å². The van der Waals surface area contributed by atoms with Gasteiger partial charge in [-0.15, -0.1) is 0 Å². The minimum Gasteiger partial charge on any atom is -0.611 e. The van der Waals surface area contributed by atoms with Gasteiger partial charge in [-0.3, -0.25) is 0 Å². The third kappa shape index (κ3) is 5.39. The number of carbonyl (C=O) groups excluding carboxylic acids is 1. The molecule has 0 spiro atoms. The molecule has 0 aliphatic carbocycles. The number of ether oxygens (including phenoxy) is 1. The van der Waals surface area contributed by atoms with Crippen LogP contribution in [0.15, 0.2) is 29.2 Å². The number of benzene rings is 1. The van der Waals surface area contributed by atoms with Gasteiger partial charge in [0.05, 0.1) is 0 Å². The number of rotatable bonds is 3. The van der Waals surface area contributed by atoms with Crippen LogP contribution in [0, 0.1) is 11.7 Å². The van der Waals surface area contributed by atoms with Crippen molar-refractivity contribution in [3.63, 3.8) is 0 Å². The summed E-state index contributed by atoms with van der Waals surface area (Å²) >= 11 is -1.34. The third-order valence-corrected chi connectivity index (χ3v) is 5.33. The van der Waals surface area contributed by atoms with Crippen LogP contribution in [0.2, 0.25) is 0 Å². The van der Waals surface area contributed by atoms with Crippen molar-refractivity contribution in [3.05, 3.63) is 30.1 Å². The fraction of sp³-hybridized carbons (Fsp3) is 0.588. The van der Waals surface area contributed by atoms with E-state index in [9.17, 15) is 13.7 Å². The molecule has 0 N–H and O–H groups in total. The molecular weight excluding hydrogens is 317 g/mol. The van der Waals surface area contributed by atoms with Gasteiger partial charge in [-0.1, -0.05) is 12.1 Å². The summed E-state index contributed by atoms with van der Waals surface area (Å²) in [6, 6.07) is 6.19. The Kier molecular flexibility index (Phi) is 5.92. The fourth-order valence-corrected chi connectivity index (χ4v) is 4.00. The Morgan fingerprint density at radius 3 is 2.52 bits per heavy atom. The van der Waals surface area contributed by atoms with Gasteiger partial charge in [0.15, 0.2) is 10.7 Å². The summed E-state index contributed by atoms with van der Waals surface area (Å²) in [6.45, 7) is 6.71. The molecule has 2 rings (SSSR count). The highest BCUT2D eigenvalue weighted by atomic mass is 32.2. The molecule has 4 nitrogen and oxygen atoms in total. The number of nitrogens with zero attached hydrogens (tertiary/aromatic N) is 1. The van der Waals surface area contributed by atoms with Crippen LogP contribution in [0.1, 0.15) is 33.6 Å². The van der Waals surface area contributed by atoms with Crippen molar-refractivity contribution in [1.82, 2.24) is 4.90 Å². The van der Waals surface area contributed by atoms with Crippen molar-refractivity contribution < 1.29 is 18.5 Å². The molecule has 1 atom stereocenters. The number of halogens is 1. The summed E-state index contributed by atoms with van der Waals surface area (Å²) < 4.78 is 31.3. The summed E-state index contributed by atoms with van der Waals surface area (Å²) in [6.07, 6.45) is 1.23. The summed E-state index contributed by atoms with van der Waals surface area (Å²) in [5, 5.41) is 0. The monoisotopic (exact) mass is 341 g/mol. The van der Waals surface area contributed by atoms with Crippen LogP contribution in [0.4, 0.5) is 9.18 Å². The summed E-state index contributed by atoms with van der Waals surface area (Å²) in [7, 11) is 0. The quantitative estimate of drug-likeness (QED) is 0.790. The molecule has 128 valence electrons. The van der Waals surface area contributed by atoms with Crippen molar-refractivity contribution in [2.24, 2.45) is 5.92 Å². The minimum absolute atomic E-state index is 0.231. The average molecular weight is 341 g/mol. The molecule has 0 radical (unpaired) electrons. The normalized spacial score (nSPS) is 17.9. The highest BCUT2D eigenvalue weighted by molar-refractivity contribution is 7.91. The van der Waals surface area contributed by atoms with Crippen LogP contribution in [0.25, 0.3) is 0 Å². The molecule has 0 saturated carbocycles. The molecule has 1 saturated heterocycles. The average Bonchev–Trinajstić information content (AvgIpc) is 2.46. The zero-order valence-electron chi connectivity index (χ0n) is 13.9. The van der Waals surface area contributed by atoms with Gasteiger partial charge in [0.1, 0.15) is 11.4 Å². The van der Waals surface area contributed by atoms with Gasteiger partial charge in [0, 0.05) is 19.0 Å². The molecule has 1 aliphatic rings. The standard InChI is InChI=1S/C17H24FNO3S/c1-17(2,3)22-16(20)19-10-8-13(9-11-19)12-23(21)15-7-5-4-6-14(15)18/h4-7,13H,8-12H2,1-3H3. The summed E-state index contributed by atoms with van der Waals surface area (Å²) in [5.41, 5.74) is -0.500. The van der Waals surface area contributed by atoms with Crippen molar-refractivity contribution in [2.45, 2.75) is 44.1 Å². The van der Waals surface area contributed by atoms with E-state index >= 15 is 0 Å². The SMILES string of the molecule is CC(C)(C)OC(=O)N1CCC(C[S+]([O-])c2ccccc2F)CC1. The van der Waals surface area contributed by atoms with E-state index in [4.69, 9.17) is 4.74 Å². The van der Waals surface area contributed by atoms with E-state index in [1.807, 2.05) is 20.8 Å². The molecule has 1 unspecified atom stereocenters. The molecule has 1 amide bonds. The van der Waals surface area contributed by atoms with Crippen molar-refractivity contribution >= 4 is 17.3 Å². The Morgan fingerprint density at radius 2 is 1.96 bits per heavy atom. The summed E-state index contributed by atoms with van der Waals surface area (Å²) in [4.78, 5) is 14.0. The third-order valence-electron chi connectivity index (χ3n) is 3.74. The molecule has 1 fully saturated rings. The Balaban J connectivity index is 1.83. The lowest BCUT2D eigenvalue weighted by Gasteiger charge is -2.33. The lowest BCUT2D eigenvalue weighted by atomic mass is 9.99. The number of amides is 1. The van der Waals surface area contributed by atoms with Crippen molar-refractivity contribution in [1.29, 1.82) is 0 Å². The smallest absolute Gasteiger partial charge is 0.410 e. The molecule has 1 heterocycles. The molecule has 1 aliphatic heterocycles. The lowest BCUT2D eigenvalue weighted by Crippen LogP contribution is -2.42. The highest BCUT2D eigenvalue weighted by Gasteiger charge is 2.29. The Bertz CT molecular complexity index is 539. The molecular formula is C17H24FNO3S. The fourth-order valence-electron chi connectivity index (χ4n) is 2.54. The second-order valence-corrected chi connectivity index (χ2v) is 8.32. The first-order valence-electron chi connectivity index (χ1n) is 7.87. The number of hydrogen-bond donors (Lipinski definition) is 0. The molecule has 6 heteroatoms. The van der Waals surface area contributed by atoms with Crippen LogP contribution in [-0.4, -0.2) is 40.0 Å². The first-order valence-corrected chi connectivity index (χ1v) is 9.19. The van der Waals surface area contributed by atoms with E-state index < -0.39 is 22.6 Å². The van der Waals surface area contributed by atoms with Crippen LogP contribution < -0.4 is 0 Å². The first kappa shape index (κ1) is 18.1. The first-order chi connectivity index (χ1) is 10.8. The summed E-state index contributed by atoms with van der Waals surface area (Å²) in [5.74, 6) is 0.245. The molecule has 0 bridgehead atoms. The van der Waals surface area contributed by atoms with E-state index in [-0.39, 0.29) is 16.9 Å². The molecule has 1 aromatic carbocycles. The van der Waals surface area contributed by atoms with Gasteiger partial charge in [0.25, 0.3) is 0 Å². The van der Waals surface area contributed by atoms with Crippen molar-refractivity contribution in [2.75, 3.05) is 18.8 Å². The van der Waals surface area contributed by atoms with E-state index in [1.54, 1.807) is 23.1 Å². The minimum atomic E-state index is -1.34. The Labute approximate surface area is 140 Å². The van der Waals surface area contributed by atoms with Gasteiger partial charge in [-0.2, -0.15) is 0 Å². The Morgan fingerprint density at radius 1 is 1.35 bits per heavy atom. The number of piperidine rings is 1. The maximum atomic E-state index is 13.7. The van der Waals surface area contributed by atoms with E-state index in [1.165, 1.54) is 6.07 Å². The van der Waals surface area contributed by atoms with Crippen LogP contribution in [0.5, 0.6) is 0 Å². The van der Waals surface area contributed by atoms with Gasteiger partial charge < -0.3 is 14.2 Å². The van der Waals surface area contributed by atoms with E-state index in [0.29, 0.717) is 18.8 Å². The molecule has 0 aromatic heterocycles. The predicted molar refractivity (Wildman–Crippen MR) is 88.2 cm³/mol. The van der Waals surface area contributed by atoms with Gasteiger partial charge in [-0.05, 0) is 56.9 Å². The number of hydrogen-bond acceptors (Lipinski definition) is 3. The zero-order chi connectivity index (χ0) is 17.0. The number of likely N-dealkylation sites (tertiary alicyclic amines) is 1. The van der Waals surface area contributed by atoms with Crippen molar-refractivity contribution in [3.8, 4) is 0 Å². The highest BCUT2D eigenvalue weighted by Crippen LogP contribution is 2.24. The van der Waals surface area contributed by atoms with Gasteiger partial charge in [-0.25, -0.2) is 9.18 Å². The largest absolute Gasteiger partial charge is 0.611 e. The molecule has 23 heavy (non-hydrogen) atoms. The van der Waals surface area contributed by atoms with Crippen LogP contribution >= 0.6 is 0 Å². The van der Waals surface area contributed by atoms with Gasteiger partial charge in [0.2, 0.25) is 0 Å². The maximum absolute atomic E-state index is 13.7. The Hall–Kier alpha value is -1.27. The number of carbonyl (C=O) groups is 1. The molecule has 1 aromatic rings. The van der Waals surface area contributed by atoms with E-state index in [2.05, 4.69) is 0 Å². The van der Waals surface area contributed by atoms with Crippen LogP contribution in [0.3, 0.4) is 0 Å². The zero-order valence-corrected chi connectivity index (χ0v) is 14.7. The maximum Gasteiger partial charge on any atom is 0.410 e. The van der Waals surface area contributed by atoms with Crippen LogP contribution in [-0.2, 0) is 15.9 Å². The second-order valence-electron chi connectivity index (χ2n) is 6.85. The van der Waals surface area contributed by atoms with Gasteiger partial charge >= 0.3 is 6.09 Å². The van der Waals surface area contributed by atoms with E-state index in [0.717, 1.165) is 12.8 Å².